The Labute approximate surface area is 109 Å². The van der Waals surface area contributed by atoms with Crippen LogP contribution in [0, 0.1) is 0 Å². The summed E-state index contributed by atoms with van der Waals surface area (Å²) in [5.74, 6) is 0.960. The minimum absolute atomic E-state index is 0.427. The molecule has 0 saturated carbocycles. The number of rotatable bonds is 2. The van der Waals surface area contributed by atoms with Crippen molar-refractivity contribution in [3.8, 4) is 0 Å². The van der Waals surface area contributed by atoms with Crippen LogP contribution in [0.3, 0.4) is 0 Å². The number of anilines is 1. The van der Waals surface area contributed by atoms with Crippen LogP contribution in [0.5, 0.6) is 0 Å². The monoisotopic (exact) mass is 252 g/mol. The third-order valence-electron chi connectivity index (χ3n) is 3.45. The van der Waals surface area contributed by atoms with Gasteiger partial charge in [0.2, 0.25) is 0 Å². The zero-order chi connectivity index (χ0) is 12.7. The molecule has 0 N–H and O–H groups in total. The van der Waals surface area contributed by atoms with Gasteiger partial charge in [-0.1, -0.05) is 0 Å². The van der Waals surface area contributed by atoms with E-state index in [2.05, 4.69) is 25.0 Å². The number of aromatic nitrogens is 5. The Balaban J connectivity index is 1.63. The lowest BCUT2D eigenvalue weighted by atomic mass is 10.1. The van der Waals surface area contributed by atoms with Gasteiger partial charge in [-0.05, 0) is 18.2 Å². The molecule has 1 aliphatic heterocycles. The molecule has 3 aromatic heterocycles. The maximum absolute atomic E-state index is 4.39. The van der Waals surface area contributed by atoms with Crippen LogP contribution in [0.15, 0.2) is 43.1 Å². The molecule has 0 aromatic carbocycles. The normalized spacial score (nSPS) is 15.7. The molecule has 4 heterocycles. The average molecular weight is 252 g/mol. The van der Waals surface area contributed by atoms with Crippen molar-refractivity contribution in [2.45, 2.75) is 6.04 Å². The van der Waals surface area contributed by atoms with Crippen LogP contribution < -0.4 is 4.90 Å². The van der Waals surface area contributed by atoms with Crippen LogP contribution in [-0.4, -0.2) is 37.8 Å². The van der Waals surface area contributed by atoms with Gasteiger partial charge in [0.05, 0.1) is 11.4 Å². The zero-order valence-corrected chi connectivity index (χ0v) is 10.2. The summed E-state index contributed by atoms with van der Waals surface area (Å²) in [6.45, 7) is 1.84. The summed E-state index contributed by atoms with van der Waals surface area (Å²) in [5.41, 5.74) is 0.745. The van der Waals surface area contributed by atoms with Crippen molar-refractivity contribution in [2.24, 2.45) is 0 Å². The standard InChI is InChI=1S/C13H12N6/c1-3-11-12(14-4-1)15-9-16-13(11)18-7-10(8-18)19-6-2-5-17-19/h1-6,9-10H,7-8H2. The van der Waals surface area contributed by atoms with E-state index in [0.717, 1.165) is 29.9 Å². The first-order valence-electron chi connectivity index (χ1n) is 6.21. The molecule has 0 unspecified atom stereocenters. The highest BCUT2D eigenvalue weighted by Gasteiger charge is 2.30. The summed E-state index contributed by atoms with van der Waals surface area (Å²) in [5, 5.41) is 5.28. The lowest BCUT2D eigenvalue weighted by Gasteiger charge is -2.40. The first-order chi connectivity index (χ1) is 9.42. The third-order valence-corrected chi connectivity index (χ3v) is 3.45. The molecule has 6 heteroatoms. The van der Waals surface area contributed by atoms with Crippen molar-refractivity contribution in [1.82, 2.24) is 24.7 Å². The summed E-state index contributed by atoms with van der Waals surface area (Å²) in [4.78, 5) is 15.1. The van der Waals surface area contributed by atoms with Gasteiger partial charge in [0.25, 0.3) is 0 Å². The van der Waals surface area contributed by atoms with Gasteiger partial charge in [0.1, 0.15) is 12.1 Å². The van der Waals surface area contributed by atoms with Crippen molar-refractivity contribution >= 4 is 16.9 Å². The van der Waals surface area contributed by atoms with Gasteiger partial charge in [-0.15, -0.1) is 0 Å². The molecular weight excluding hydrogens is 240 g/mol. The number of hydrogen-bond donors (Lipinski definition) is 0. The SMILES string of the molecule is c1cnc2ncnc(N3CC(n4cccn4)C3)c2c1. The van der Waals surface area contributed by atoms with Crippen molar-refractivity contribution in [3.63, 3.8) is 0 Å². The Morgan fingerprint density at radius 2 is 2.00 bits per heavy atom. The lowest BCUT2D eigenvalue weighted by Crippen LogP contribution is -2.48. The van der Waals surface area contributed by atoms with Crippen LogP contribution in [0.25, 0.3) is 11.0 Å². The van der Waals surface area contributed by atoms with Crippen molar-refractivity contribution in [1.29, 1.82) is 0 Å². The predicted octanol–water partition coefficient (Wildman–Crippen LogP) is 1.28. The molecule has 94 valence electrons. The van der Waals surface area contributed by atoms with E-state index in [-0.39, 0.29) is 0 Å². The maximum atomic E-state index is 4.39. The van der Waals surface area contributed by atoms with E-state index in [1.165, 1.54) is 0 Å². The molecule has 0 spiro atoms. The number of pyridine rings is 1. The molecule has 0 bridgehead atoms. The first kappa shape index (κ1) is 10.4. The van der Waals surface area contributed by atoms with Gasteiger partial charge < -0.3 is 4.90 Å². The van der Waals surface area contributed by atoms with Gasteiger partial charge >= 0.3 is 0 Å². The fraction of sp³-hybridized carbons (Fsp3) is 0.231. The van der Waals surface area contributed by atoms with Crippen LogP contribution in [-0.2, 0) is 0 Å². The van der Waals surface area contributed by atoms with E-state index >= 15 is 0 Å². The van der Waals surface area contributed by atoms with E-state index in [4.69, 9.17) is 0 Å². The number of fused-ring (bicyclic) bond motifs is 1. The van der Waals surface area contributed by atoms with Crippen LogP contribution in [0.1, 0.15) is 6.04 Å². The number of nitrogens with zero attached hydrogens (tertiary/aromatic N) is 6. The molecule has 4 rings (SSSR count). The molecule has 0 radical (unpaired) electrons. The zero-order valence-electron chi connectivity index (χ0n) is 10.2. The summed E-state index contributed by atoms with van der Waals surface area (Å²) in [6.07, 6.45) is 7.14. The van der Waals surface area contributed by atoms with Crippen molar-refractivity contribution < 1.29 is 0 Å². The quantitative estimate of drug-likeness (QED) is 0.687. The Morgan fingerprint density at radius 3 is 2.84 bits per heavy atom. The fourth-order valence-corrected chi connectivity index (χ4v) is 2.43. The lowest BCUT2D eigenvalue weighted by molar-refractivity contribution is 0.366. The summed E-state index contributed by atoms with van der Waals surface area (Å²) < 4.78 is 2.00. The van der Waals surface area contributed by atoms with Crippen LogP contribution in [0.2, 0.25) is 0 Å². The number of hydrogen-bond acceptors (Lipinski definition) is 5. The molecule has 1 fully saturated rings. The van der Waals surface area contributed by atoms with Crippen LogP contribution in [0.4, 0.5) is 5.82 Å². The van der Waals surface area contributed by atoms with Gasteiger partial charge in [-0.25, -0.2) is 15.0 Å². The average Bonchev–Trinajstić information content (AvgIpc) is 2.91. The fourth-order valence-electron chi connectivity index (χ4n) is 2.43. The maximum Gasteiger partial charge on any atom is 0.164 e. The second-order valence-corrected chi connectivity index (χ2v) is 4.62. The molecule has 0 aliphatic carbocycles. The van der Waals surface area contributed by atoms with Crippen molar-refractivity contribution in [2.75, 3.05) is 18.0 Å². The molecule has 0 amide bonds. The van der Waals surface area contributed by atoms with Gasteiger partial charge in [-0.3, -0.25) is 4.68 Å². The third kappa shape index (κ3) is 1.64. The van der Waals surface area contributed by atoms with Crippen molar-refractivity contribution in [3.05, 3.63) is 43.1 Å². The Hall–Kier alpha value is -2.50. The molecule has 6 nitrogen and oxygen atoms in total. The highest BCUT2D eigenvalue weighted by atomic mass is 15.4. The van der Waals surface area contributed by atoms with E-state index in [1.807, 2.05) is 35.3 Å². The Kier molecular flexibility index (Phi) is 2.20. The summed E-state index contributed by atoms with van der Waals surface area (Å²) >= 11 is 0. The molecule has 0 atom stereocenters. The minimum atomic E-state index is 0.427. The Morgan fingerprint density at radius 1 is 1.05 bits per heavy atom. The molecule has 3 aromatic rings. The van der Waals surface area contributed by atoms with Gasteiger partial charge in [0, 0.05) is 31.7 Å². The predicted molar refractivity (Wildman–Crippen MR) is 70.8 cm³/mol. The topological polar surface area (TPSA) is 59.7 Å². The second-order valence-electron chi connectivity index (χ2n) is 4.62. The summed E-state index contributed by atoms with van der Waals surface area (Å²) in [7, 11) is 0. The Bertz CT molecular complexity index is 697. The summed E-state index contributed by atoms with van der Waals surface area (Å²) in [6, 6.07) is 6.31. The highest BCUT2D eigenvalue weighted by molar-refractivity contribution is 5.86. The smallest absolute Gasteiger partial charge is 0.164 e. The highest BCUT2D eigenvalue weighted by Crippen LogP contribution is 2.29. The van der Waals surface area contributed by atoms with Crippen LogP contribution >= 0.6 is 0 Å². The second kappa shape index (κ2) is 4.01. The van der Waals surface area contributed by atoms with Gasteiger partial charge in [-0.2, -0.15) is 5.10 Å². The molecule has 1 aliphatic rings. The molecule has 1 saturated heterocycles. The molecular formula is C13H12N6. The van der Waals surface area contributed by atoms with E-state index in [9.17, 15) is 0 Å². The molecule has 19 heavy (non-hydrogen) atoms. The first-order valence-corrected chi connectivity index (χ1v) is 6.21. The largest absolute Gasteiger partial charge is 0.352 e. The minimum Gasteiger partial charge on any atom is -0.352 e. The van der Waals surface area contributed by atoms with E-state index < -0.39 is 0 Å². The van der Waals surface area contributed by atoms with E-state index in [1.54, 1.807) is 12.5 Å². The van der Waals surface area contributed by atoms with E-state index in [0.29, 0.717) is 6.04 Å². The van der Waals surface area contributed by atoms with Gasteiger partial charge in [0.15, 0.2) is 5.65 Å².